The summed E-state index contributed by atoms with van der Waals surface area (Å²) in [6.45, 7) is 9.26. The Labute approximate surface area is 126 Å². The minimum Gasteiger partial charge on any atom is -0.388 e. The van der Waals surface area contributed by atoms with E-state index in [2.05, 4.69) is 13.2 Å². The van der Waals surface area contributed by atoms with Crippen molar-refractivity contribution in [1.29, 1.82) is 0 Å². The zero-order valence-electron chi connectivity index (χ0n) is 12.1. The molecule has 2 aliphatic rings. The molecule has 2 fully saturated rings. The topological polar surface area (TPSA) is 81.1 Å². The Morgan fingerprint density at radius 3 is 1.71 bits per heavy atom. The SMILES string of the molecule is C=CC(O)CN1CCN(CC(O)C=C)C2CS(=O)(=O)CC21. The quantitative estimate of drug-likeness (QED) is 0.603. The van der Waals surface area contributed by atoms with Crippen LogP contribution in [0, 0.1) is 0 Å². The second-order valence-electron chi connectivity index (χ2n) is 5.81. The molecular weight excluding hydrogens is 292 g/mol. The molecule has 2 rings (SSSR count). The third kappa shape index (κ3) is 3.92. The Bertz CT molecular complexity index is 455. The number of β-amino-alcohol motifs (C(OH)–C–C–N with tert-alkyl or cyclic N) is 2. The number of hydrogen-bond acceptors (Lipinski definition) is 6. The largest absolute Gasteiger partial charge is 0.388 e. The molecule has 21 heavy (non-hydrogen) atoms. The number of rotatable bonds is 6. The number of nitrogens with zero attached hydrogens (tertiary/aromatic N) is 2. The first-order valence-corrected chi connectivity index (χ1v) is 8.98. The summed E-state index contributed by atoms with van der Waals surface area (Å²) in [5.74, 6) is 0.227. The van der Waals surface area contributed by atoms with Crippen LogP contribution in [0.3, 0.4) is 0 Å². The van der Waals surface area contributed by atoms with E-state index in [0.717, 1.165) is 0 Å². The van der Waals surface area contributed by atoms with Gasteiger partial charge < -0.3 is 10.2 Å². The molecule has 0 aromatic rings. The maximum atomic E-state index is 12.0. The molecule has 2 N–H and O–H groups in total. The highest BCUT2D eigenvalue weighted by Gasteiger charge is 2.46. The number of hydrogen-bond donors (Lipinski definition) is 2. The van der Waals surface area contributed by atoms with E-state index in [1.807, 2.05) is 9.80 Å². The second-order valence-corrected chi connectivity index (χ2v) is 7.96. The number of aliphatic hydroxyl groups excluding tert-OH is 2. The Kier molecular flexibility index (Phi) is 5.21. The summed E-state index contributed by atoms with van der Waals surface area (Å²) in [5, 5.41) is 19.5. The maximum Gasteiger partial charge on any atom is 0.153 e. The van der Waals surface area contributed by atoms with E-state index in [0.29, 0.717) is 26.2 Å². The van der Waals surface area contributed by atoms with Crippen molar-refractivity contribution in [1.82, 2.24) is 9.80 Å². The van der Waals surface area contributed by atoms with Gasteiger partial charge in [-0.2, -0.15) is 0 Å². The lowest BCUT2D eigenvalue weighted by molar-refractivity contribution is 0.00876. The molecule has 0 aromatic heterocycles. The summed E-state index contributed by atoms with van der Waals surface area (Å²) >= 11 is 0. The van der Waals surface area contributed by atoms with Crippen LogP contribution in [0.25, 0.3) is 0 Å². The number of fused-ring (bicyclic) bond motifs is 1. The molecule has 2 saturated heterocycles. The van der Waals surface area contributed by atoms with Crippen molar-refractivity contribution in [2.75, 3.05) is 37.7 Å². The van der Waals surface area contributed by atoms with Crippen molar-refractivity contribution < 1.29 is 18.6 Å². The molecule has 4 atom stereocenters. The predicted octanol–water partition coefficient (Wildman–Crippen LogP) is -1.14. The summed E-state index contributed by atoms with van der Waals surface area (Å²) in [5.41, 5.74) is 0. The lowest BCUT2D eigenvalue weighted by Crippen LogP contribution is -2.61. The van der Waals surface area contributed by atoms with Crippen LogP contribution in [0.2, 0.25) is 0 Å². The third-order valence-electron chi connectivity index (χ3n) is 4.29. The minimum absolute atomic E-state index is 0.113. The van der Waals surface area contributed by atoms with E-state index in [1.165, 1.54) is 12.2 Å². The second kappa shape index (κ2) is 6.58. The van der Waals surface area contributed by atoms with Crippen LogP contribution in [0.4, 0.5) is 0 Å². The van der Waals surface area contributed by atoms with Gasteiger partial charge >= 0.3 is 0 Å². The van der Waals surface area contributed by atoms with E-state index in [4.69, 9.17) is 0 Å². The Balaban J connectivity index is 2.13. The smallest absolute Gasteiger partial charge is 0.153 e. The molecule has 0 aromatic carbocycles. The van der Waals surface area contributed by atoms with Gasteiger partial charge in [0, 0.05) is 38.3 Å². The molecule has 120 valence electrons. The predicted molar refractivity (Wildman–Crippen MR) is 81.8 cm³/mol. The van der Waals surface area contributed by atoms with Crippen molar-refractivity contribution in [2.24, 2.45) is 0 Å². The van der Waals surface area contributed by atoms with Gasteiger partial charge in [0.05, 0.1) is 23.7 Å². The number of aliphatic hydroxyl groups is 2. The minimum atomic E-state index is -3.08. The van der Waals surface area contributed by atoms with Gasteiger partial charge in [-0.05, 0) is 0 Å². The lowest BCUT2D eigenvalue weighted by Gasteiger charge is -2.44. The van der Waals surface area contributed by atoms with Crippen LogP contribution < -0.4 is 0 Å². The zero-order valence-corrected chi connectivity index (χ0v) is 13.0. The van der Waals surface area contributed by atoms with Gasteiger partial charge in [0.15, 0.2) is 9.84 Å². The molecule has 0 radical (unpaired) electrons. The fourth-order valence-electron chi connectivity index (χ4n) is 3.18. The summed E-state index contributed by atoms with van der Waals surface area (Å²) in [6, 6.07) is -0.259. The highest BCUT2D eigenvalue weighted by molar-refractivity contribution is 7.91. The van der Waals surface area contributed by atoms with Gasteiger partial charge in [-0.1, -0.05) is 12.2 Å². The van der Waals surface area contributed by atoms with Gasteiger partial charge in [0.25, 0.3) is 0 Å². The number of piperazine rings is 1. The van der Waals surface area contributed by atoms with Crippen LogP contribution in [-0.4, -0.2) is 90.4 Å². The molecule has 0 bridgehead atoms. The van der Waals surface area contributed by atoms with Crippen LogP contribution >= 0.6 is 0 Å². The van der Waals surface area contributed by atoms with E-state index in [9.17, 15) is 18.6 Å². The summed E-state index contributed by atoms with van der Waals surface area (Å²) in [4.78, 5) is 4.05. The van der Waals surface area contributed by atoms with E-state index in [1.54, 1.807) is 0 Å². The Morgan fingerprint density at radius 1 is 1.00 bits per heavy atom. The normalized spacial score (nSPS) is 32.3. The van der Waals surface area contributed by atoms with Gasteiger partial charge in [-0.25, -0.2) is 8.42 Å². The molecule has 2 heterocycles. The monoisotopic (exact) mass is 316 g/mol. The van der Waals surface area contributed by atoms with Crippen LogP contribution in [-0.2, 0) is 9.84 Å². The Morgan fingerprint density at radius 2 is 1.38 bits per heavy atom. The third-order valence-corrected chi connectivity index (χ3v) is 5.99. The average Bonchev–Trinajstić information content (AvgIpc) is 2.77. The standard InChI is InChI=1S/C14H24N2O4S/c1-3-11(17)7-15-5-6-16(8-12(18)4-2)14-10-21(19,20)9-13(14)15/h3-4,11-14,17-18H,1-2,5-10H2. The molecule has 4 unspecified atom stereocenters. The van der Waals surface area contributed by atoms with Crippen molar-refractivity contribution >= 4 is 9.84 Å². The van der Waals surface area contributed by atoms with Crippen molar-refractivity contribution in [3.8, 4) is 0 Å². The first-order valence-electron chi connectivity index (χ1n) is 7.16. The lowest BCUT2D eigenvalue weighted by atomic mass is 10.0. The summed E-state index contributed by atoms with van der Waals surface area (Å²) in [6.07, 6.45) is 1.62. The maximum absolute atomic E-state index is 12.0. The molecular formula is C14H24N2O4S. The van der Waals surface area contributed by atoms with E-state index >= 15 is 0 Å². The molecule has 0 spiro atoms. The fraction of sp³-hybridized carbons (Fsp3) is 0.714. The molecule has 7 heteroatoms. The highest BCUT2D eigenvalue weighted by atomic mass is 32.2. The van der Waals surface area contributed by atoms with Crippen LogP contribution in [0.15, 0.2) is 25.3 Å². The number of sulfone groups is 1. The van der Waals surface area contributed by atoms with Crippen molar-refractivity contribution in [3.63, 3.8) is 0 Å². The van der Waals surface area contributed by atoms with Gasteiger partial charge in [0.2, 0.25) is 0 Å². The first-order chi connectivity index (χ1) is 9.86. The molecule has 6 nitrogen and oxygen atoms in total. The van der Waals surface area contributed by atoms with Crippen molar-refractivity contribution in [3.05, 3.63) is 25.3 Å². The van der Waals surface area contributed by atoms with E-state index in [-0.39, 0.29) is 23.6 Å². The molecule has 0 aliphatic carbocycles. The van der Waals surface area contributed by atoms with Crippen LogP contribution in [0.1, 0.15) is 0 Å². The van der Waals surface area contributed by atoms with Crippen molar-refractivity contribution in [2.45, 2.75) is 24.3 Å². The fourth-order valence-corrected chi connectivity index (χ4v) is 5.22. The summed E-state index contributed by atoms with van der Waals surface area (Å²) < 4.78 is 24.0. The average molecular weight is 316 g/mol. The Hall–Kier alpha value is -0.730. The van der Waals surface area contributed by atoms with Gasteiger partial charge in [-0.15, -0.1) is 13.2 Å². The van der Waals surface area contributed by atoms with Gasteiger partial charge in [0.1, 0.15) is 0 Å². The molecule has 0 amide bonds. The molecule has 0 saturated carbocycles. The van der Waals surface area contributed by atoms with Crippen LogP contribution in [0.5, 0.6) is 0 Å². The van der Waals surface area contributed by atoms with Gasteiger partial charge in [-0.3, -0.25) is 9.80 Å². The zero-order chi connectivity index (χ0) is 15.6. The summed E-state index contributed by atoms with van der Waals surface area (Å²) in [7, 11) is -3.08. The highest BCUT2D eigenvalue weighted by Crippen LogP contribution is 2.27. The first kappa shape index (κ1) is 16.6. The molecule has 2 aliphatic heterocycles. The van der Waals surface area contributed by atoms with E-state index < -0.39 is 22.0 Å².